The van der Waals surface area contributed by atoms with Gasteiger partial charge in [-0.25, -0.2) is 9.59 Å². The van der Waals surface area contributed by atoms with Crippen LogP contribution in [-0.2, 0) is 19.1 Å². The van der Waals surface area contributed by atoms with Crippen LogP contribution in [0.5, 0.6) is 0 Å². The van der Waals surface area contributed by atoms with Crippen LogP contribution in [0.15, 0.2) is 48.5 Å². The second-order valence-electron chi connectivity index (χ2n) is 6.67. The van der Waals surface area contributed by atoms with Gasteiger partial charge in [0.1, 0.15) is 5.41 Å². The molecular weight excluding hydrogens is 376 g/mol. The van der Waals surface area contributed by atoms with Gasteiger partial charge in [-0.15, -0.1) is 0 Å². The summed E-state index contributed by atoms with van der Waals surface area (Å²) < 4.78 is 9.24. The fourth-order valence-corrected chi connectivity index (χ4v) is 2.29. The highest BCUT2D eigenvalue weighted by molar-refractivity contribution is 6.14. The number of anilines is 2. The third kappa shape index (κ3) is 5.19. The number of methoxy groups -OCH3 is 2. The van der Waals surface area contributed by atoms with E-state index in [-0.39, 0.29) is 0 Å². The van der Waals surface area contributed by atoms with Crippen molar-refractivity contribution in [3.8, 4) is 0 Å². The third-order valence-corrected chi connectivity index (χ3v) is 4.26. The third-order valence-electron chi connectivity index (χ3n) is 4.26. The second kappa shape index (κ2) is 9.01. The largest absolute Gasteiger partial charge is 0.465 e. The average Bonchev–Trinajstić information content (AvgIpc) is 2.73. The van der Waals surface area contributed by atoms with Gasteiger partial charge in [-0.2, -0.15) is 0 Å². The van der Waals surface area contributed by atoms with Gasteiger partial charge in [0.25, 0.3) is 0 Å². The lowest BCUT2D eigenvalue weighted by molar-refractivity contribution is -0.135. The van der Waals surface area contributed by atoms with Crippen molar-refractivity contribution in [3.05, 3.63) is 59.7 Å². The molecule has 0 heterocycles. The zero-order valence-corrected chi connectivity index (χ0v) is 16.6. The smallest absolute Gasteiger partial charge is 0.337 e. The number of ether oxygens (including phenoxy) is 2. The molecule has 0 aliphatic carbocycles. The summed E-state index contributed by atoms with van der Waals surface area (Å²) in [6, 6.07) is 12.2. The van der Waals surface area contributed by atoms with Gasteiger partial charge in [0.2, 0.25) is 11.8 Å². The Kier molecular flexibility index (Phi) is 6.71. The first-order chi connectivity index (χ1) is 13.7. The topological polar surface area (TPSA) is 111 Å². The molecule has 0 saturated heterocycles. The molecule has 0 aromatic heterocycles. The molecule has 0 spiro atoms. The molecule has 0 fully saturated rings. The number of esters is 2. The molecule has 29 heavy (non-hydrogen) atoms. The van der Waals surface area contributed by atoms with Gasteiger partial charge in [0, 0.05) is 11.4 Å². The van der Waals surface area contributed by atoms with Crippen LogP contribution in [0.3, 0.4) is 0 Å². The first-order valence-electron chi connectivity index (χ1n) is 8.68. The number of carbonyl (C=O) groups is 4. The molecule has 0 saturated carbocycles. The molecule has 0 atom stereocenters. The fourth-order valence-electron chi connectivity index (χ4n) is 2.29. The molecule has 0 bridgehead atoms. The van der Waals surface area contributed by atoms with E-state index < -0.39 is 29.2 Å². The van der Waals surface area contributed by atoms with Crippen LogP contribution in [0, 0.1) is 5.41 Å². The maximum Gasteiger partial charge on any atom is 0.337 e. The van der Waals surface area contributed by atoms with E-state index in [1.807, 2.05) is 0 Å². The Labute approximate surface area is 168 Å². The second-order valence-corrected chi connectivity index (χ2v) is 6.67. The molecule has 0 radical (unpaired) electrons. The number of nitrogens with one attached hydrogen (secondary N) is 2. The Bertz CT molecular complexity index is 842. The Hall–Kier alpha value is -3.68. The molecular formula is C21H22N2O6. The highest BCUT2D eigenvalue weighted by Gasteiger charge is 2.36. The number of hydrogen-bond acceptors (Lipinski definition) is 6. The zero-order valence-electron chi connectivity index (χ0n) is 16.6. The van der Waals surface area contributed by atoms with E-state index in [4.69, 9.17) is 0 Å². The minimum Gasteiger partial charge on any atom is -0.465 e. The van der Waals surface area contributed by atoms with Crippen LogP contribution in [0.4, 0.5) is 11.4 Å². The maximum atomic E-state index is 12.6. The predicted octanol–water partition coefficient (Wildman–Crippen LogP) is 2.86. The fraction of sp³-hybridized carbons (Fsp3) is 0.238. The summed E-state index contributed by atoms with van der Waals surface area (Å²) in [5, 5.41) is 5.30. The van der Waals surface area contributed by atoms with E-state index in [0.717, 1.165) is 0 Å². The van der Waals surface area contributed by atoms with Crippen LogP contribution in [0.25, 0.3) is 0 Å². The van der Waals surface area contributed by atoms with Crippen molar-refractivity contribution in [3.63, 3.8) is 0 Å². The molecule has 152 valence electrons. The molecule has 0 aliphatic heterocycles. The molecule has 2 rings (SSSR count). The zero-order chi connectivity index (χ0) is 21.6. The van der Waals surface area contributed by atoms with Crippen LogP contribution in [-0.4, -0.2) is 38.0 Å². The summed E-state index contributed by atoms with van der Waals surface area (Å²) in [6.45, 7) is 2.98. The van der Waals surface area contributed by atoms with Crippen molar-refractivity contribution in [2.24, 2.45) is 5.41 Å². The monoisotopic (exact) mass is 398 g/mol. The predicted molar refractivity (Wildman–Crippen MR) is 107 cm³/mol. The van der Waals surface area contributed by atoms with Crippen molar-refractivity contribution in [1.29, 1.82) is 0 Å². The van der Waals surface area contributed by atoms with Gasteiger partial charge in [-0.05, 0) is 62.4 Å². The van der Waals surface area contributed by atoms with Crippen molar-refractivity contribution in [2.75, 3.05) is 24.9 Å². The molecule has 0 unspecified atom stereocenters. The van der Waals surface area contributed by atoms with Gasteiger partial charge in [0.05, 0.1) is 25.3 Å². The van der Waals surface area contributed by atoms with Crippen LogP contribution < -0.4 is 10.6 Å². The van der Waals surface area contributed by atoms with Crippen molar-refractivity contribution in [1.82, 2.24) is 0 Å². The van der Waals surface area contributed by atoms with Crippen LogP contribution in [0.1, 0.15) is 34.6 Å². The minimum atomic E-state index is -1.39. The minimum absolute atomic E-state index is 0.345. The van der Waals surface area contributed by atoms with E-state index in [2.05, 4.69) is 20.1 Å². The molecule has 8 nitrogen and oxygen atoms in total. The SMILES string of the molecule is COC(=O)c1ccc(NC(=O)C(C)(C)C(=O)Nc2ccc(C(=O)OC)cc2)cc1. The lowest BCUT2D eigenvalue weighted by atomic mass is 9.90. The van der Waals surface area contributed by atoms with Crippen LogP contribution in [0.2, 0.25) is 0 Å². The summed E-state index contributed by atoms with van der Waals surface area (Å²) in [5.74, 6) is -2.01. The maximum absolute atomic E-state index is 12.6. The van der Waals surface area contributed by atoms with Gasteiger partial charge in [-0.3, -0.25) is 9.59 Å². The van der Waals surface area contributed by atoms with Gasteiger partial charge < -0.3 is 20.1 Å². The summed E-state index contributed by atoms with van der Waals surface area (Å²) in [6.07, 6.45) is 0. The summed E-state index contributed by atoms with van der Waals surface area (Å²) in [5.41, 5.74) is 0.176. The number of benzene rings is 2. The number of rotatable bonds is 6. The Morgan fingerprint density at radius 2 is 0.966 bits per heavy atom. The lowest BCUT2D eigenvalue weighted by Crippen LogP contribution is -2.41. The summed E-state index contributed by atoms with van der Waals surface area (Å²) in [7, 11) is 2.56. The number of hydrogen-bond donors (Lipinski definition) is 2. The van der Waals surface area contributed by atoms with Crippen molar-refractivity contribution in [2.45, 2.75) is 13.8 Å². The van der Waals surface area contributed by atoms with E-state index in [1.54, 1.807) is 24.3 Å². The molecule has 2 aromatic rings. The molecule has 2 N–H and O–H groups in total. The standard InChI is InChI=1S/C21H22N2O6/c1-21(2,19(26)22-15-9-5-13(6-10-15)17(24)28-3)20(27)23-16-11-7-14(8-12-16)18(25)29-4/h5-12H,1-4H3,(H,22,26)(H,23,27). The quantitative estimate of drug-likeness (QED) is 0.572. The van der Waals surface area contributed by atoms with E-state index >= 15 is 0 Å². The Balaban J connectivity index is 2.04. The molecule has 2 amide bonds. The molecule has 8 heteroatoms. The normalized spacial score (nSPS) is 10.6. The van der Waals surface area contributed by atoms with Gasteiger partial charge in [-0.1, -0.05) is 0 Å². The number of carbonyl (C=O) groups excluding carboxylic acids is 4. The summed E-state index contributed by atoms with van der Waals surface area (Å²) in [4.78, 5) is 48.1. The highest BCUT2D eigenvalue weighted by Crippen LogP contribution is 2.22. The van der Waals surface area contributed by atoms with Crippen molar-refractivity contribution < 1.29 is 28.7 Å². The number of amides is 2. The van der Waals surface area contributed by atoms with E-state index in [0.29, 0.717) is 22.5 Å². The Morgan fingerprint density at radius 3 is 1.24 bits per heavy atom. The first kappa shape index (κ1) is 21.6. The Morgan fingerprint density at radius 1 is 0.655 bits per heavy atom. The highest BCUT2D eigenvalue weighted by atomic mass is 16.5. The summed E-state index contributed by atoms with van der Waals surface area (Å²) >= 11 is 0. The molecule has 0 aliphatic rings. The molecule has 2 aromatic carbocycles. The van der Waals surface area contributed by atoms with Crippen molar-refractivity contribution >= 4 is 35.1 Å². The average molecular weight is 398 g/mol. The van der Waals surface area contributed by atoms with Crippen LogP contribution >= 0.6 is 0 Å². The van der Waals surface area contributed by atoms with Gasteiger partial charge >= 0.3 is 11.9 Å². The van der Waals surface area contributed by atoms with Gasteiger partial charge in [0.15, 0.2) is 0 Å². The lowest BCUT2D eigenvalue weighted by Gasteiger charge is -2.23. The first-order valence-corrected chi connectivity index (χ1v) is 8.68. The van der Waals surface area contributed by atoms with E-state index in [1.165, 1.54) is 52.3 Å². The van der Waals surface area contributed by atoms with E-state index in [9.17, 15) is 19.2 Å².